The van der Waals surface area contributed by atoms with E-state index < -0.39 is 15.9 Å². The second kappa shape index (κ2) is 8.65. The number of amides is 1. The number of benzene rings is 2. The number of rotatable bonds is 7. The minimum Gasteiger partial charge on any atom is -0.497 e. The molecule has 9 heteroatoms. The summed E-state index contributed by atoms with van der Waals surface area (Å²) in [5.74, 6) is 0.545. The summed E-state index contributed by atoms with van der Waals surface area (Å²) in [5.41, 5.74) is 3.99. The highest BCUT2D eigenvalue weighted by atomic mass is 32.2. The Balaban J connectivity index is 2.16. The zero-order valence-electron chi connectivity index (χ0n) is 15.4. The quantitative estimate of drug-likeness (QED) is 0.553. The molecule has 2 rings (SSSR count). The highest BCUT2D eigenvalue weighted by Crippen LogP contribution is 2.22. The molecule has 0 unspecified atom stereocenters. The third kappa shape index (κ3) is 5.05. The van der Waals surface area contributed by atoms with Gasteiger partial charge in [0.05, 0.1) is 24.8 Å². The molecule has 0 bridgehead atoms. The Bertz CT molecular complexity index is 931. The first-order chi connectivity index (χ1) is 12.8. The van der Waals surface area contributed by atoms with E-state index in [0.29, 0.717) is 28.3 Å². The van der Waals surface area contributed by atoms with Crippen LogP contribution < -0.4 is 19.6 Å². The van der Waals surface area contributed by atoms with E-state index in [0.717, 1.165) is 0 Å². The molecule has 8 nitrogen and oxygen atoms in total. The average Bonchev–Trinajstić information content (AvgIpc) is 2.71. The van der Waals surface area contributed by atoms with Crippen LogP contribution in [0.4, 0.5) is 0 Å². The summed E-state index contributed by atoms with van der Waals surface area (Å²) in [6.07, 6.45) is 0. The van der Waals surface area contributed by atoms with Gasteiger partial charge in [0.25, 0.3) is 5.91 Å². The fraction of sp³-hybridized carbons (Fsp3) is 0.222. The van der Waals surface area contributed by atoms with Crippen LogP contribution in [0.1, 0.15) is 22.8 Å². The molecule has 0 aliphatic heterocycles. The van der Waals surface area contributed by atoms with E-state index in [1.807, 2.05) is 0 Å². The third-order valence-corrected chi connectivity index (χ3v) is 5.22. The lowest BCUT2D eigenvalue weighted by Crippen LogP contribution is -2.20. The Hall–Kier alpha value is -2.91. The number of methoxy groups -OCH3 is 2. The minimum atomic E-state index is -3.50. The molecule has 2 aromatic rings. The van der Waals surface area contributed by atoms with Crippen molar-refractivity contribution in [3.05, 3.63) is 53.6 Å². The Morgan fingerprint density at radius 2 is 1.52 bits per heavy atom. The summed E-state index contributed by atoms with van der Waals surface area (Å²) < 4.78 is 36.0. The second-order valence-corrected chi connectivity index (χ2v) is 7.36. The monoisotopic (exact) mass is 391 g/mol. The van der Waals surface area contributed by atoms with Gasteiger partial charge in [-0.2, -0.15) is 5.10 Å². The van der Waals surface area contributed by atoms with Crippen LogP contribution in [0, 0.1) is 0 Å². The number of hydrazone groups is 1. The van der Waals surface area contributed by atoms with Gasteiger partial charge < -0.3 is 9.47 Å². The molecule has 0 fully saturated rings. The summed E-state index contributed by atoms with van der Waals surface area (Å²) in [6, 6.07) is 11.0. The van der Waals surface area contributed by atoms with Gasteiger partial charge in [0, 0.05) is 11.6 Å². The number of nitrogens with zero attached hydrogens (tertiary/aromatic N) is 1. The van der Waals surface area contributed by atoms with E-state index in [1.54, 1.807) is 37.3 Å². The summed E-state index contributed by atoms with van der Waals surface area (Å²) in [7, 11) is 0.841. The Morgan fingerprint density at radius 1 is 0.963 bits per heavy atom. The van der Waals surface area contributed by atoms with Crippen LogP contribution in [0.5, 0.6) is 11.5 Å². The molecule has 0 atom stereocenters. The lowest BCUT2D eigenvalue weighted by Gasteiger charge is -2.08. The number of hydrogen-bond donors (Lipinski definition) is 2. The van der Waals surface area contributed by atoms with E-state index in [-0.39, 0.29) is 4.90 Å². The van der Waals surface area contributed by atoms with Crippen molar-refractivity contribution in [3.63, 3.8) is 0 Å². The van der Waals surface area contributed by atoms with Crippen LogP contribution in [0.25, 0.3) is 0 Å². The molecule has 0 saturated heterocycles. The molecule has 0 spiro atoms. The number of sulfonamides is 1. The molecule has 2 N–H and O–H groups in total. The van der Waals surface area contributed by atoms with Gasteiger partial charge in [0.2, 0.25) is 10.0 Å². The van der Waals surface area contributed by atoms with Crippen molar-refractivity contribution in [3.8, 4) is 11.5 Å². The molecular weight excluding hydrogens is 370 g/mol. The van der Waals surface area contributed by atoms with Crippen molar-refractivity contribution in [1.82, 2.24) is 10.1 Å². The SMILES string of the molecule is CNS(=O)(=O)c1ccc(/C(C)=N\NC(=O)c2cc(OC)cc(OC)c2)cc1. The summed E-state index contributed by atoms with van der Waals surface area (Å²) in [6.45, 7) is 1.70. The normalized spacial score (nSPS) is 11.8. The highest BCUT2D eigenvalue weighted by molar-refractivity contribution is 7.89. The maximum Gasteiger partial charge on any atom is 0.271 e. The molecule has 0 radical (unpaired) electrons. The van der Waals surface area contributed by atoms with Crippen LogP contribution in [-0.2, 0) is 10.0 Å². The molecule has 0 aliphatic rings. The predicted octanol–water partition coefficient (Wildman–Crippen LogP) is 1.77. The van der Waals surface area contributed by atoms with E-state index in [9.17, 15) is 13.2 Å². The number of carbonyl (C=O) groups excluding carboxylic acids is 1. The lowest BCUT2D eigenvalue weighted by molar-refractivity contribution is 0.0954. The first-order valence-electron chi connectivity index (χ1n) is 7.92. The molecule has 0 heterocycles. The van der Waals surface area contributed by atoms with Crippen LogP contribution >= 0.6 is 0 Å². The van der Waals surface area contributed by atoms with Gasteiger partial charge in [0.15, 0.2) is 0 Å². The van der Waals surface area contributed by atoms with Crippen molar-refractivity contribution in [2.75, 3.05) is 21.3 Å². The van der Waals surface area contributed by atoms with Gasteiger partial charge in [-0.1, -0.05) is 12.1 Å². The molecule has 0 saturated carbocycles. The van der Waals surface area contributed by atoms with Crippen molar-refractivity contribution in [2.24, 2.45) is 5.10 Å². The third-order valence-electron chi connectivity index (χ3n) is 3.79. The fourth-order valence-corrected chi connectivity index (χ4v) is 2.93. The molecule has 0 aromatic heterocycles. The largest absolute Gasteiger partial charge is 0.497 e. The number of ether oxygens (including phenoxy) is 2. The van der Waals surface area contributed by atoms with Crippen LogP contribution in [0.3, 0.4) is 0 Å². The van der Waals surface area contributed by atoms with Crippen molar-refractivity contribution >= 4 is 21.6 Å². The van der Waals surface area contributed by atoms with Gasteiger partial charge in [-0.15, -0.1) is 0 Å². The molecule has 1 amide bonds. The molecule has 144 valence electrons. The minimum absolute atomic E-state index is 0.147. The number of carbonyl (C=O) groups is 1. The average molecular weight is 391 g/mol. The maximum absolute atomic E-state index is 12.3. The maximum atomic E-state index is 12.3. The predicted molar refractivity (Wildman–Crippen MR) is 102 cm³/mol. The molecule has 0 aliphatic carbocycles. The first kappa shape index (κ1) is 20.4. The summed E-state index contributed by atoms with van der Waals surface area (Å²) >= 11 is 0. The van der Waals surface area contributed by atoms with Gasteiger partial charge in [-0.05, 0) is 43.8 Å². The zero-order valence-corrected chi connectivity index (χ0v) is 16.3. The van der Waals surface area contributed by atoms with Crippen molar-refractivity contribution in [2.45, 2.75) is 11.8 Å². The van der Waals surface area contributed by atoms with E-state index >= 15 is 0 Å². The van der Waals surface area contributed by atoms with Gasteiger partial charge in [-0.25, -0.2) is 18.6 Å². The van der Waals surface area contributed by atoms with Gasteiger partial charge in [-0.3, -0.25) is 4.79 Å². The van der Waals surface area contributed by atoms with Gasteiger partial charge in [0.1, 0.15) is 11.5 Å². The molecule has 2 aromatic carbocycles. The molecular formula is C18H21N3O5S. The van der Waals surface area contributed by atoms with Crippen LogP contribution in [0.15, 0.2) is 52.5 Å². The fourth-order valence-electron chi connectivity index (χ4n) is 2.20. The standard InChI is InChI=1S/C18H21N3O5S/c1-12(13-5-7-17(8-6-13)27(23,24)19-2)20-21-18(22)14-9-15(25-3)11-16(10-14)26-4/h5-11,19H,1-4H3,(H,21,22)/b20-12-. The van der Waals surface area contributed by atoms with Crippen LogP contribution in [-0.4, -0.2) is 41.3 Å². The number of nitrogens with one attached hydrogen (secondary N) is 2. The second-order valence-electron chi connectivity index (χ2n) is 5.47. The van der Waals surface area contributed by atoms with Gasteiger partial charge >= 0.3 is 0 Å². The molecule has 27 heavy (non-hydrogen) atoms. The Kier molecular flexibility index (Phi) is 6.54. The Labute approximate surface area is 158 Å². The smallest absolute Gasteiger partial charge is 0.271 e. The topological polar surface area (TPSA) is 106 Å². The van der Waals surface area contributed by atoms with E-state index in [4.69, 9.17) is 9.47 Å². The first-order valence-corrected chi connectivity index (χ1v) is 9.40. The summed E-state index contributed by atoms with van der Waals surface area (Å²) in [4.78, 5) is 12.5. The Morgan fingerprint density at radius 3 is 2.00 bits per heavy atom. The van der Waals surface area contributed by atoms with Crippen LogP contribution in [0.2, 0.25) is 0 Å². The van der Waals surface area contributed by atoms with E-state index in [2.05, 4.69) is 15.2 Å². The summed E-state index contributed by atoms with van der Waals surface area (Å²) in [5, 5.41) is 4.06. The zero-order chi connectivity index (χ0) is 20.0. The lowest BCUT2D eigenvalue weighted by atomic mass is 10.1. The van der Waals surface area contributed by atoms with E-state index in [1.165, 1.54) is 33.4 Å². The number of hydrogen-bond acceptors (Lipinski definition) is 6. The van der Waals surface area contributed by atoms with Crippen molar-refractivity contribution < 1.29 is 22.7 Å². The highest BCUT2D eigenvalue weighted by Gasteiger charge is 2.12. The van der Waals surface area contributed by atoms with Crippen molar-refractivity contribution in [1.29, 1.82) is 0 Å².